The summed E-state index contributed by atoms with van der Waals surface area (Å²) in [6.07, 6.45) is 2.58. The van der Waals surface area contributed by atoms with E-state index in [4.69, 9.17) is 14.9 Å². The molecule has 0 fully saturated rings. The average Bonchev–Trinajstić information content (AvgIpc) is 2.61. The van der Waals surface area contributed by atoms with Crippen LogP contribution in [-0.2, 0) is 0 Å². The standard InChI is InChI=1S/C19H16FNO4/c20-13(7-8-21)10-24-15-5-6-16-18(9-15)25-11-17(19(16)23)12-1-3-14(22)4-2-12/h1-7,9,11,22H,8,10,21H2. The fraction of sp³-hybridized carbons (Fsp3) is 0.105. The van der Waals surface area contributed by atoms with Gasteiger partial charge in [-0.25, -0.2) is 4.39 Å². The third kappa shape index (κ3) is 3.70. The maximum absolute atomic E-state index is 13.3. The Balaban J connectivity index is 1.92. The van der Waals surface area contributed by atoms with E-state index in [0.29, 0.717) is 27.8 Å². The van der Waals surface area contributed by atoms with Crippen molar-refractivity contribution in [1.29, 1.82) is 0 Å². The largest absolute Gasteiger partial charge is 0.508 e. The van der Waals surface area contributed by atoms with Crippen LogP contribution in [0.15, 0.2) is 69.8 Å². The second kappa shape index (κ2) is 7.19. The molecule has 5 nitrogen and oxygen atoms in total. The number of fused-ring (bicyclic) bond motifs is 1. The highest BCUT2D eigenvalue weighted by Crippen LogP contribution is 2.24. The summed E-state index contributed by atoms with van der Waals surface area (Å²) in [7, 11) is 0. The van der Waals surface area contributed by atoms with Crippen LogP contribution in [0.3, 0.4) is 0 Å². The molecule has 1 aromatic heterocycles. The van der Waals surface area contributed by atoms with Crippen LogP contribution < -0.4 is 15.9 Å². The summed E-state index contributed by atoms with van der Waals surface area (Å²) in [5.74, 6) is 0.0342. The van der Waals surface area contributed by atoms with E-state index in [1.54, 1.807) is 24.3 Å². The van der Waals surface area contributed by atoms with Crippen molar-refractivity contribution >= 4 is 11.0 Å². The van der Waals surface area contributed by atoms with E-state index in [9.17, 15) is 14.3 Å². The zero-order valence-corrected chi connectivity index (χ0v) is 13.2. The molecule has 0 aliphatic heterocycles. The van der Waals surface area contributed by atoms with Crippen LogP contribution in [0, 0.1) is 0 Å². The lowest BCUT2D eigenvalue weighted by molar-refractivity contribution is 0.318. The van der Waals surface area contributed by atoms with Gasteiger partial charge in [-0.3, -0.25) is 4.79 Å². The Labute approximate surface area is 142 Å². The Kier molecular flexibility index (Phi) is 4.81. The van der Waals surface area contributed by atoms with Crippen LogP contribution in [0.2, 0.25) is 0 Å². The van der Waals surface area contributed by atoms with E-state index >= 15 is 0 Å². The van der Waals surface area contributed by atoms with Gasteiger partial charge in [0.15, 0.2) is 5.43 Å². The molecule has 0 aliphatic carbocycles. The molecule has 3 aromatic rings. The Morgan fingerprint density at radius 3 is 2.72 bits per heavy atom. The maximum Gasteiger partial charge on any atom is 0.200 e. The summed E-state index contributed by atoms with van der Waals surface area (Å²) in [5.41, 5.74) is 6.39. The Morgan fingerprint density at radius 2 is 2.00 bits per heavy atom. The third-order valence-electron chi connectivity index (χ3n) is 3.64. The first-order valence-corrected chi connectivity index (χ1v) is 7.61. The van der Waals surface area contributed by atoms with Gasteiger partial charge < -0.3 is 20.0 Å². The normalized spacial score (nSPS) is 11.7. The van der Waals surface area contributed by atoms with Crippen molar-refractivity contribution in [2.75, 3.05) is 13.2 Å². The highest BCUT2D eigenvalue weighted by molar-refractivity contribution is 5.82. The van der Waals surface area contributed by atoms with E-state index in [-0.39, 0.29) is 24.3 Å². The molecule has 3 N–H and O–H groups in total. The highest BCUT2D eigenvalue weighted by atomic mass is 19.1. The molecule has 0 unspecified atom stereocenters. The summed E-state index contributed by atoms with van der Waals surface area (Å²) in [6, 6.07) is 11.0. The molecule has 0 aliphatic rings. The number of phenolic OH excluding ortho intramolecular Hbond substituents is 1. The topological polar surface area (TPSA) is 85.7 Å². The van der Waals surface area contributed by atoms with Crippen molar-refractivity contribution in [3.63, 3.8) is 0 Å². The van der Waals surface area contributed by atoms with Gasteiger partial charge in [0.25, 0.3) is 0 Å². The molecule has 6 heteroatoms. The van der Waals surface area contributed by atoms with Crippen molar-refractivity contribution in [3.05, 3.63) is 70.9 Å². The van der Waals surface area contributed by atoms with Crippen LogP contribution in [0.1, 0.15) is 0 Å². The summed E-state index contributed by atoms with van der Waals surface area (Å²) in [4.78, 5) is 12.6. The van der Waals surface area contributed by atoms with Gasteiger partial charge in [0.1, 0.15) is 35.8 Å². The quantitative estimate of drug-likeness (QED) is 0.743. The van der Waals surface area contributed by atoms with Crippen LogP contribution in [0.5, 0.6) is 11.5 Å². The van der Waals surface area contributed by atoms with Crippen molar-refractivity contribution in [2.45, 2.75) is 0 Å². The predicted octanol–water partition coefficient (Wildman–Crippen LogP) is 3.36. The highest BCUT2D eigenvalue weighted by Gasteiger charge is 2.10. The molecule has 2 aromatic carbocycles. The van der Waals surface area contributed by atoms with Crippen molar-refractivity contribution in [2.24, 2.45) is 5.73 Å². The lowest BCUT2D eigenvalue weighted by Gasteiger charge is -2.07. The van der Waals surface area contributed by atoms with Gasteiger partial charge >= 0.3 is 0 Å². The molecule has 1 heterocycles. The minimum absolute atomic E-state index is 0.0990. The van der Waals surface area contributed by atoms with Crippen molar-refractivity contribution in [1.82, 2.24) is 0 Å². The van der Waals surface area contributed by atoms with Crippen molar-refractivity contribution in [3.8, 4) is 22.6 Å². The zero-order chi connectivity index (χ0) is 17.8. The van der Waals surface area contributed by atoms with Crippen LogP contribution in [0.25, 0.3) is 22.1 Å². The fourth-order valence-electron chi connectivity index (χ4n) is 2.38. The fourth-order valence-corrected chi connectivity index (χ4v) is 2.38. The number of hydrogen-bond acceptors (Lipinski definition) is 5. The van der Waals surface area contributed by atoms with E-state index in [1.807, 2.05) is 0 Å². The van der Waals surface area contributed by atoms with E-state index in [2.05, 4.69) is 0 Å². The number of benzene rings is 2. The molecular formula is C19H16FNO4. The Hall–Kier alpha value is -3.12. The lowest BCUT2D eigenvalue weighted by atomic mass is 10.1. The number of nitrogens with two attached hydrogens (primary N) is 1. The summed E-state index contributed by atoms with van der Waals surface area (Å²) in [6.45, 7) is -0.139. The number of hydrogen-bond donors (Lipinski definition) is 2. The lowest BCUT2D eigenvalue weighted by Crippen LogP contribution is -2.05. The van der Waals surface area contributed by atoms with Gasteiger partial charge in [-0.15, -0.1) is 0 Å². The van der Waals surface area contributed by atoms with Crippen LogP contribution in [0.4, 0.5) is 4.39 Å². The summed E-state index contributed by atoms with van der Waals surface area (Å²) in [5, 5.41) is 9.73. The number of phenols is 1. The van der Waals surface area contributed by atoms with E-state index < -0.39 is 5.83 Å². The number of halogens is 1. The number of aromatic hydroxyl groups is 1. The first kappa shape index (κ1) is 16.7. The first-order valence-electron chi connectivity index (χ1n) is 7.61. The molecule has 0 bridgehead atoms. The van der Waals surface area contributed by atoms with Gasteiger partial charge in [-0.1, -0.05) is 12.1 Å². The predicted molar refractivity (Wildman–Crippen MR) is 93.3 cm³/mol. The molecule has 0 radical (unpaired) electrons. The molecule has 0 saturated heterocycles. The minimum atomic E-state index is -0.466. The van der Waals surface area contributed by atoms with Crippen LogP contribution in [-0.4, -0.2) is 18.3 Å². The molecule has 0 saturated carbocycles. The SMILES string of the molecule is NCC=C(F)COc1ccc2c(=O)c(-c3ccc(O)cc3)coc2c1. The monoisotopic (exact) mass is 341 g/mol. The van der Waals surface area contributed by atoms with Gasteiger partial charge in [-0.05, 0) is 35.9 Å². The average molecular weight is 341 g/mol. The molecule has 128 valence electrons. The molecular weight excluding hydrogens is 325 g/mol. The van der Waals surface area contributed by atoms with Gasteiger partial charge in [0, 0.05) is 12.6 Å². The zero-order valence-electron chi connectivity index (χ0n) is 13.2. The first-order chi connectivity index (χ1) is 12.1. The second-order valence-electron chi connectivity index (χ2n) is 5.36. The number of rotatable bonds is 5. The minimum Gasteiger partial charge on any atom is -0.508 e. The molecule has 3 rings (SSSR count). The van der Waals surface area contributed by atoms with Gasteiger partial charge in [-0.2, -0.15) is 0 Å². The molecule has 0 spiro atoms. The molecule has 0 amide bonds. The Morgan fingerprint density at radius 1 is 1.24 bits per heavy atom. The molecule has 0 atom stereocenters. The smallest absolute Gasteiger partial charge is 0.200 e. The summed E-state index contributed by atoms with van der Waals surface area (Å²) < 4.78 is 24.1. The van der Waals surface area contributed by atoms with Gasteiger partial charge in [0.2, 0.25) is 0 Å². The third-order valence-corrected chi connectivity index (χ3v) is 3.64. The summed E-state index contributed by atoms with van der Waals surface area (Å²) >= 11 is 0. The van der Waals surface area contributed by atoms with Gasteiger partial charge in [0.05, 0.1) is 10.9 Å². The van der Waals surface area contributed by atoms with Crippen LogP contribution >= 0.6 is 0 Å². The Bertz CT molecular complexity index is 977. The van der Waals surface area contributed by atoms with E-state index in [0.717, 1.165) is 0 Å². The number of ether oxygens (including phenoxy) is 1. The molecule has 25 heavy (non-hydrogen) atoms. The van der Waals surface area contributed by atoms with Crippen molar-refractivity contribution < 1.29 is 18.7 Å². The maximum atomic E-state index is 13.3. The van der Waals surface area contributed by atoms with E-state index in [1.165, 1.54) is 30.5 Å². The second-order valence-corrected chi connectivity index (χ2v) is 5.36.